The number of hydrogen-bond donors (Lipinski definition) is 1. The van der Waals surface area contributed by atoms with E-state index in [1.54, 1.807) is 6.07 Å². The Balaban J connectivity index is 2.16. The summed E-state index contributed by atoms with van der Waals surface area (Å²) >= 11 is 0. The smallest absolute Gasteiger partial charge is 0.252 e. The lowest BCUT2D eigenvalue weighted by atomic mass is 10.2. The molecule has 0 aliphatic heterocycles. The monoisotopic (exact) mass is 295 g/mol. The van der Waals surface area contributed by atoms with E-state index in [1.165, 1.54) is 42.5 Å². The molecule has 0 aliphatic carbocycles. The van der Waals surface area contributed by atoms with Crippen molar-refractivity contribution >= 4 is 5.91 Å². The molecule has 108 valence electrons. The van der Waals surface area contributed by atoms with Crippen molar-refractivity contribution in [1.82, 2.24) is 5.32 Å². The first-order valence-electron chi connectivity index (χ1n) is 6.27. The first kappa shape index (κ1) is 15.0. The number of carbonyl (C=O) groups is 1. The van der Waals surface area contributed by atoms with Gasteiger partial charge in [-0.2, -0.15) is 10.5 Å². The van der Waals surface area contributed by atoms with Crippen LogP contribution in [0.15, 0.2) is 42.5 Å². The van der Waals surface area contributed by atoms with Crippen molar-refractivity contribution in [3.8, 4) is 23.6 Å². The molecular formula is C16H10FN3O2. The van der Waals surface area contributed by atoms with E-state index in [0.29, 0.717) is 11.3 Å². The fraction of sp³-hybridized carbons (Fsp3) is 0.0625. The van der Waals surface area contributed by atoms with E-state index in [2.05, 4.69) is 5.32 Å². The molecule has 0 bridgehead atoms. The normalized spacial score (nSPS) is 9.41. The van der Waals surface area contributed by atoms with Gasteiger partial charge in [-0.15, -0.1) is 0 Å². The first-order valence-corrected chi connectivity index (χ1v) is 6.27. The van der Waals surface area contributed by atoms with Crippen LogP contribution < -0.4 is 10.1 Å². The second-order valence-electron chi connectivity index (χ2n) is 4.19. The molecule has 5 nitrogen and oxygen atoms in total. The highest BCUT2D eigenvalue weighted by Crippen LogP contribution is 2.26. The van der Waals surface area contributed by atoms with Crippen molar-refractivity contribution in [1.29, 1.82) is 10.5 Å². The van der Waals surface area contributed by atoms with Gasteiger partial charge in [0.1, 0.15) is 35.5 Å². The largest absolute Gasteiger partial charge is 0.456 e. The summed E-state index contributed by atoms with van der Waals surface area (Å²) in [6, 6.07) is 13.7. The minimum atomic E-state index is -0.660. The van der Waals surface area contributed by atoms with Crippen LogP contribution in [0.1, 0.15) is 15.9 Å². The molecule has 2 rings (SSSR count). The number of rotatable bonds is 4. The van der Waals surface area contributed by atoms with E-state index in [4.69, 9.17) is 15.3 Å². The van der Waals surface area contributed by atoms with Crippen molar-refractivity contribution < 1.29 is 13.9 Å². The van der Waals surface area contributed by atoms with Gasteiger partial charge < -0.3 is 10.1 Å². The highest BCUT2D eigenvalue weighted by Gasteiger charge is 2.10. The van der Waals surface area contributed by atoms with Crippen LogP contribution in [-0.2, 0) is 0 Å². The standard InChI is InChI=1S/C16H10FN3O2/c17-14-2-1-3-15(13(14)10-19)22-12-6-4-11(5-7-12)16(21)20-9-8-18/h1-7H,9H2,(H,20,21). The number of ether oxygens (including phenoxy) is 1. The molecule has 22 heavy (non-hydrogen) atoms. The van der Waals surface area contributed by atoms with E-state index in [-0.39, 0.29) is 23.8 Å². The molecular weight excluding hydrogens is 285 g/mol. The molecule has 6 heteroatoms. The number of nitrogens with one attached hydrogen (secondary N) is 1. The minimum Gasteiger partial charge on any atom is -0.456 e. The summed E-state index contributed by atoms with van der Waals surface area (Å²) in [5, 5.41) is 19.7. The van der Waals surface area contributed by atoms with Gasteiger partial charge in [-0.25, -0.2) is 4.39 Å². The lowest BCUT2D eigenvalue weighted by Gasteiger charge is -2.08. The number of nitriles is 2. The van der Waals surface area contributed by atoms with Crippen LogP contribution in [0.25, 0.3) is 0 Å². The van der Waals surface area contributed by atoms with Crippen molar-refractivity contribution in [2.75, 3.05) is 6.54 Å². The zero-order valence-electron chi connectivity index (χ0n) is 11.3. The maximum absolute atomic E-state index is 13.5. The molecule has 0 unspecified atom stereocenters. The van der Waals surface area contributed by atoms with Gasteiger partial charge in [-0.3, -0.25) is 4.79 Å². The van der Waals surface area contributed by atoms with Gasteiger partial charge in [0, 0.05) is 5.56 Å². The van der Waals surface area contributed by atoms with Crippen LogP contribution >= 0.6 is 0 Å². The maximum Gasteiger partial charge on any atom is 0.252 e. The number of carbonyl (C=O) groups excluding carboxylic acids is 1. The van der Waals surface area contributed by atoms with E-state index >= 15 is 0 Å². The minimum absolute atomic E-state index is 0.0775. The molecule has 2 aromatic carbocycles. The average molecular weight is 295 g/mol. The summed E-state index contributed by atoms with van der Waals surface area (Å²) in [5.41, 5.74) is 0.181. The predicted molar refractivity (Wildman–Crippen MR) is 75.6 cm³/mol. The van der Waals surface area contributed by atoms with Crippen LogP contribution in [0.5, 0.6) is 11.5 Å². The van der Waals surface area contributed by atoms with Crippen LogP contribution in [-0.4, -0.2) is 12.5 Å². The maximum atomic E-state index is 13.5. The molecule has 0 saturated carbocycles. The number of halogens is 1. The Kier molecular flexibility index (Phi) is 4.69. The van der Waals surface area contributed by atoms with Gasteiger partial charge in [-0.1, -0.05) is 6.07 Å². The number of amides is 1. The second-order valence-corrected chi connectivity index (χ2v) is 4.19. The summed E-state index contributed by atoms with van der Waals surface area (Å²) in [6.45, 7) is -0.0775. The van der Waals surface area contributed by atoms with E-state index < -0.39 is 5.82 Å². The molecule has 0 aliphatic rings. The second kappa shape index (κ2) is 6.87. The molecule has 0 heterocycles. The molecule has 1 N–H and O–H groups in total. The van der Waals surface area contributed by atoms with E-state index in [0.717, 1.165) is 0 Å². The third-order valence-corrected chi connectivity index (χ3v) is 2.76. The van der Waals surface area contributed by atoms with Crippen LogP contribution in [0, 0.1) is 28.5 Å². The van der Waals surface area contributed by atoms with Gasteiger partial charge in [-0.05, 0) is 36.4 Å². The van der Waals surface area contributed by atoms with Crippen LogP contribution in [0.4, 0.5) is 4.39 Å². The Labute approximate surface area is 126 Å². The van der Waals surface area contributed by atoms with Gasteiger partial charge in [0.2, 0.25) is 0 Å². The molecule has 0 aromatic heterocycles. The van der Waals surface area contributed by atoms with Gasteiger partial charge in [0.15, 0.2) is 0 Å². The molecule has 0 atom stereocenters. The summed E-state index contributed by atoms with van der Waals surface area (Å²) in [6.07, 6.45) is 0. The molecule has 1 amide bonds. The number of nitrogens with zero attached hydrogens (tertiary/aromatic N) is 2. The van der Waals surface area contributed by atoms with Crippen molar-refractivity contribution in [3.63, 3.8) is 0 Å². The topological polar surface area (TPSA) is 85.9 Å². The number of hydrogen-bond acceptors (Lipinski definition) is 4. The first-order chi connectivity index (χ1) is 10.7. The highest BCUT2D eigenvalue weighted by molar-refractivity contribution is 5.94. The average Bonchev–Trinajstić information content (AvgIpc) is 2.53. The highest BCUT2D eigenvalue weighted by atomic mass is 19.1. The molecule has 0 fully saturated rings. The fourth-order valence-electron chi connectivity index (χ4n) is 1.72. The molecule has 0 saturated heterocycles. The zero-order valence-corrected chi connectivity index (χ0v) is 11.3. The Morgan fingerprint density at radius 2 is 1.91 bits per heavy atom. The van der Waals surface area contributed by atoms with E-state index in [9.17, 15) is 9.18 Å². The fourth-order valence-corrected chi connectivity index (χ4v) is 1.72. The Bertz CT molecular complexity index is 773. The van der Waals surface area contributed by atoms with E-state index in [1.807, 2.05) is 6.07 Å². The lowest BCUT2D eigenvalue weighted by molar-refractivity contribution is 0.0958. The van der Waals surface area contributed by atoms with Crippen molar-refractivity contribution in [3.05, 3.63) is 59.4 Å². The molecule has 0 radical (unpaired) electrons. The van der Waals surface area contributed by atoms with Crippen LogP contribution in [0.2, 0.25) is 0 Å². The third-order valence-electron chi connectivity index (χ3n) is 2.76. The lowest BCUT2D eigenvalue weighted by Crippen LogP contribution is -2.23. The predicted octanol–water partition coefficient (Wildman–Crippen LogP) is 2.74. The van der Waals surface area contributed by atoms with Gasteiger partial charge >= 0.3 is 0 Å². The Hall–Kier alpha value is -3.38. The Morgan fingerprint density at radius 3 is 2.55 bits per heavy atom. The summed E-state index contributed by atoms with van der Waals surface area (Å²) in [5.74, 6) is -0.577. The van der Waals surface area contributed by atoms with Crippen molar-refractivity contribution in [2.45, 2.75) is 0 Å². The quantitative estimate of drug-likeness (QED) is 0.879. The Morgan fingerprint density at radius 1 is 1.18 bits per heavy atom. The summed E-state index contributed by atoms with van der Waals surface area (Å²) in [7, 11) is 0. The summed E-state index contributed by atoms with van der Waals surface area (Å²) < 4.78 is 18.9. The molecule has 0 spiro atoms. The van der Waals surface area contributed by atoms with Crippen LogP contribution in [0.3, 0.4) is 0 Å². The molecule has 2 aromatic rings. The van der Waals surface area contributed by atoms with Crippen molar-refractivity contribution in [2.24, 2.45) is 0 Å². The van der Waals surface area contributed by atoms with Gasteiger partial charge in [0.05, 0.1) is 6.07 Å². The number of benzene rings is 2. The van der Waals surface area contributed by atoms with Gasteiger partial charge in [0.25, 0.3) is 5.91 Å². The third kappa shape index (κ3) is 3.38. The summed E-state index contributed by atoms with van der Waals surface area (Å²) in [4.78, 5) is 11.6. The SMILES string of the molecule is N#CCNC(=O)c1ccc(Oc2cccc(F)c2C#N)cc1. The zero-order chi connectivity index (χ0) is 15.9.